The lowest BCUT2D eigenvalue weighted by atomic mass is 10.1. The monoisotopic (exact) mass is 324 g/mol. The van der Waals surface area contributed by atoms with E-state index in [2.05, 4.69) is 40.7 Å². The van der Waals surface area contributed by atoms with E-state index in [1.807, 2.05) is 43.4 Å². The van der Waals surface area contributed by atoms with Gasteiger partial charge in [-0.3, -0.25) is 9.69 Å². The summed E-state index contributed by atoms with van der Waals surface area (Å²) in [6, 6.07) is 18.4. The Morgan fingerprint density at radius 1 is 1.13 bits per heavy atom. The minimum Gasteiger partial charge on any atom is -0.324 e. The van der Waals surface area contributed by atoms with Crippen molar-refractivity contribution >= 4 is 33.7 Å². The molecule has 0 radical (unpaired) electrons. The molecule has 4 heteroatoms. The Morgan fingerprint density at radius 3 is 2.70 bits per heavy atom. The van der Waals surface area contributed by atoms with Gasteiger partial charge in [0, 0.05) is 22.0 Å². The smallest absolute Gasteiger partial charge is 0.238 e. The molecule has 1 unspecified atom stereocenters. The maximum absolute atomic E-state index is 12.4. The lowest BCUT2D eigenvalue weighted by Gasteiger charge is -2.23. The van der Waals surface area contributed by atoms with Crippen molar-refractivity contribution in [2.75, 3.05) is 18.9 Å². The number of hydrogen-bond acceptors (Lipinski definition) is 3. The molecule has 0 saturated heterocycles. The topological polar surface area (TPSA) is 32.3 Å². The number of fused-ring (bicyclic) bond motifs is 1. The molecule has 0 spiro atoms. The molecule has 0 aliphatic carbocycles. The number of carbonyl (C=O) groups is 1. The highest BCUT2D eigenvalue weighted by Crippen LogP contribution is 2.24. The first-order valence-electron chi connectivity index (χ1n) is 7.66. The second kappa shape index (κ2) is 6.94. The van der Waals surface area contributed by atoms with E-state index in [9.17, 15) is 4.79 Å². The summed E-state index contributed by atoms with van der Waals surface area (Å²) >= 11 is 1.72. The Balaban J connectivity index is 1.69. The molecule has 0 bridgehead atoms. The van der Waals surface area contributed by atoms with Gasteiger partial charge in [0.1, 0.15) is 0 Å². The highest BCUT2D eigenvalue weighted by Gasteiger charge is 2.16. The average Bonchev–Trinajstić information content (AvgIpc) is 3.08. The Kier molecular flexibility index (Phi) is 4.74. The predicted molar refractivity (Wildman–Crippen MR) is 97.9 cm³/mol. The standard InChI is InChI=1S/C19H20N2OS/c1-14(18-11-6-12-23-18)21(2)13-19(22)20-17-10-5-8-15-7-3-4-9-16(15)17/h3-12,14H,13H2,1-2H3,(H,20,22). The number of likely N-dealkylation sites (N-methyl/N-ethyl adjacent to an activating group) is 1. The van der Waals surface area contributed by atoms with Crippen LogP contribution in [0.5, 0.6) is 0 Å². The third-order valence-corrected chi connectivity index (χ3v) is 5.12. The van der Waals surface area contributed by atoms with Crippen LogP contribution in [0.1, 0.15) is 17.8 Å². The third-order valence-electron chi connectivity index (χ3n) is 4.07. The maximum atomic E-state index is 12.4. The van der Waals surface area contributed by atoms with Crippen molar-refractivity contribution < 1.29 is 4.79 Å². The number of nitrogens with one attached hydrogen (secondary N) is 1. The highest BCUT2D eigenvalue weighted by molar-refractivity contribution is 7.10. The van der Waals surface area contributed by atoms with Gasteiger partial charge in [-0.2, -0.15) is 0 Å². The van der Waals surface area contributed by atoms with E-state index in [4.69, 9.17) is 0 Å². The van der Waals surface area contributed by atoms with Gasteiger partial charge in [-0.15, -0.1) is 11.3 Å². The number of carbonyl (C=O) groups excluding carboxylic acids is 1. The molecule has 1 N–H and O–H groups in total. The molecule has 3 nitrogen and oxygen atoms in total. The van der Waals surface area contributed by atoms with Crippen molar-refractivity contribution in [2.24, 2.45) is 0 Å². The summed E-state index contributed by atoms with van der Waals surface area (Å²) in [5.41, 5.74) is 0.866. The van der Waals surface area contributed by atoms with E-state index in [0.717, 1.165) is 16.5 Å². The fourth-order valence-corrected chi connectivity index (χ4v) is 3.48. The molecule has 118 valence electrons. The first-order valence-corrected chi connectivity index (χ1v) is 8.54. The van der Waals surface area contributed by atoms with Crippen molar-refractivity contribution in [3.63, 3.8) is 0 Å². The third kappa shape index (κ3) is 3.60. The van der Waals surface area contributed by atoms with Crippen LogP contribution in [-0.4, -0.2) is 24.4 Å². The van der Waals surface area contributed by atoms with E-state index in [0.29, 0.717) is 6.54 Å². The van der Waals surface area contributed by atoms with Crippen LogP contribution < -0.4 is 5.32 Å². The van der Waals surface area contributed by atoms with E-state index in [1.54, 1.807) is 11.3 Å². The Hall–Kier alpha value is -2.17. The Labute approximate surface area is 140 Å². The zero-order valence-corrected chi connectivity index (χ0v) is 14.1. The number of amides is 1. The molecule has 1 atom stereocenters. The summed E-state index contributed by atoms with van der Waals surface area (Å²) in [6.07, 6.45) is 0. The maximum Gasteiger partial charge on any atom is 0.238 e. The van der Waals surface area contributed by atoms with E-state index in [1.165, 1.54) is 4.88 Å². The number of thiophene rings is 1. The van der Waals surface area contributed by atoms with Crippen LogP contribution >= 0.6 is 11.3 Å². The zero-order valence-electron chi connectivity index (χ0n) is 13.3. The minimum atomic E-state index is 0.00672. The minimum absolute atomic E-state index is 0.00672. The number of nitrogens with zero attached hydrogens (tertiary/aromatic N) is 1. The van der Waals surface area contributed by atoms with Gasteiger partial charge in [0.05, 0.1) is 6.54 Å². The summed E-state index contributed by atoms with van der Waals surface area (Å²) in [4.78, 5) is 15.7. The lowest BCUT2D eigenvalue weighted by molar-refractivity contribution is -0.117. The second-order valence-corrected chi connectivity index (χ2v) is 6.66. The van der Waals surface area contributed by atoms with Crippen LogP contribution in [0.3, 0.4) is 0 Å². The number of rotatable bonds is 5. The molecule has 2 aromatic carbocycles. The van der Waals surface area contributed by atoms with Crippen LogP contribution in [-0.2, 0) is 4.79 Å². The quantitative estimate of drug-likeness (QED) is 0.747. The fourth-order valence-electron chi connectivity index (χ4n) is 2.63. The van der Waals surface area contributed by atoms with Gasteiger partial charge in [0.2, 0.25) is 5.91 Å². The van der Waals surface area contributed by atoms with Gasteiger partial charge in [0.25, 0.3) is 0 Å². The molecule has 3 aromatic rings. The molecule has 0 saturated carbocycles. The average molecular weight is 324 g/mol. The van der Waals surface area contributed by atoms with Gasteiger partial charge in [-0.1, -0.05) is 42.5 Å². The summed E-state index contributed by atoms with van der Waals surface area (Å²) < 4.78 is 0. The van der Waals surface area contributed by atoms with Gasteiger partial charge < -0.3 is 5.32 Å². The molecule has 1 aromatic heterocycles. The molecule has 1 amide bonds. The molecule has 23 heavy (non-hydrogen) atoms. The fraction of sp³-hybridized carbons (Fsp3) is 0.211. The highest BCUT2D eigenvalue weighted by atomic mass is 32.1. The Morgan fingerprint density at radius 2 is 1.91 bits per heavy atom. The molecule has 0 aliphatic rings. The summed E-state index contributed by atoms with van der Waals surface area (Å²) in [7, 11) is 1.98. The van der Waals surface area contributed by atoms with Crippen molar-refractivity contribution in [3.8, 4) is 0 Å². The van der Waals surface area contributed by atoms with Crippen LogP contribution in [0, 0.1) is 0 Å². The van der Waals surface area contributed by atoms with Gasteiger partial charge in [-0.25, -0.2) is 0 Å². The number of benzene rings is 2. The van der Waals surface area contributed by atoms with Crippen molar-refractivity contribution in [1.82, 2.24) is 4.90 Å². The molecule has 3 rings (SSSR count). The molecule has 1 heterocycles. The molecular formula is C19H20N2OS. The zero-order chi connectivity index (χ0) is 16.2. The van der Waals surface area contributed by atoms with Gasteiger partial charge in [0.15, 0.2) is 0 Å². The molecule has 0 aliphatic heterocycles. The van der Waals surface area contributed by atoms with Crippen molar-refractivity contribution in [1.29, 1.82) is 0 Å². The SMILES string of the molecule is CC(c1cccs1)N(C)CC(=O)Nc1cccc2ccccc12. The van der Waals surface area contributed by atoms with Crippen molar-refractivity contribution in [3.05, 3.63) is 64.9 Å². The summed E-state index contributed by atoms with van der Waals surface area (Å²) in [6.45, 7) is 2.49. The van der Waals surface area contributed by atoms with Crippen LogP contribution in [0.15, 0.2) is 60.0 Å². The second-order valence-electron chi connectivity index (χ2n) is 5.68. The predicted octanol–water partition coefficient (Wildman–Crippen LogP) is 4.53. The van der Waals surface area contributed by atoms with Crippen molar-refractivity contribution in [2.45, 2.75) is 13.0 Å². The van der Waals surface area contributed by atoms with Crippen LogP contribution in [0.25, 0.3) is 10.8 Å². The first kappa shape index (κ1) is 15.7. The van der Waals surface area contributed by atoms with E-state index < -0.39 is 0 Å². The largest absolute Gasteiger partial charge is 0.324 e. The van der Waals surface area contributed by atoms with Gasteiger partial charge >= 0.3 is 0 Å². The van der Waals surface area contributed by atoms with Crippen LogP contribution in [0.2, 0.25) is 0 Å². The number of hydrogen-bond donors (Lipinski definition) is 1. The van der Waals surface area contributed by atoms with E-state index >= 15 is 0 Å². The Bertz CT molecular complexity index is 793. The van der Waals surface area contributed by atoms with E-state index in [-0.39, 0.29) is 11.9 Å². The number of anilines is 1. The molecule has 0 fully saturated rings. The lowest BCUT2D eigenvalue weighted by Crippen LogP contribution is -2.31. The normalized spacial score (nSPS) is 12.5. The summed E-state index contributed by atoms with van der Waals surface area (Å²) in [5, 5.41) is 7.30. The van der Waals surface area contributed by atoms with Gasteiger partial charge in [-0.05, 0) is 36.9 Å². The molecular weight excluding hydrogens is 304 g/mol. The van der Waals surface area contributed by atoms with Crippen LogP contribution in [0.4, 0.5) is 5.69 Å². The summed E-state index contributed by atoms with van der Waals surface area (Å²) in [5.74, 6) is 0.00672. The first-order chi connectivity index (χ1) is 11.1.